The van der Waals surface area contributed by atoms with Crippen molar-refractivity contribution in [3.63, 3.8) is 0 Å². The van der Waals surface area contributed by atoms with Crippen molar-refractivity contribution in [2.45, 2.75) is 37.1 Å². The predicted molar refractivity (Wildman–Crippen MR) is 74.3 cm³/mol. The van der Waals surface area contributed by atoms with Crippen molar-refractivity contribution in [2.75, 3.05) is 18.9 Å². The Labute approximate surface area is 118 Å². The molecule has 2 rings (SSSR count). The highest BCUT2D eigenvalue weighted by atomic mass is 32.2. The van der Waals surface area contributed by atoms with Gasteiger partial charge < -0.3 is 10.5 Å². The lowest BCUT2D eigenvalue weighted by Crippen LogP contribution is -2.51. The van der Waals surface area contributed by atoms with Crippen LogP contribution in [-0.4, -0.2) is 27.2 Å². The Morgan fingerprint density at radius 3 is 2.75 bits per heavy atom. The van der Waals surface area contributed by atoms with Crippen molar-refractivity contribution >= 4 is 15.7 Å². The summed E-state index contributed by atoms with van der Waals surface area (Å²) in [6, 6.07) is 2.28. The second-order valence-electron chi connectivity index (χ2n) is 5.46. The van der Waals surface area contributed by atoms with Gasteiger partial charge in [0, 0.05) is 12.3 Å². The number of anilines is 1. The molecule has 1 saturated heterocycles. The molecule has 0 spiro atoms. The summed E-state index contributed by atoms with van der Waals surface area (Å²) in [7, 11) is -3.97. The Balaban J connectivity index is 2.33. The van der Waals surface area contributed by atoms with Crippen LogP contribution in [0.15, 0.2) is 17.0 Å². The zero-order valence-corrected chi connectivity index (χ0v) is 12.4. The lowest BCUT2D eigenvalue weighted by atomic mass is 9.97. The maximum absolute atomic E-state index is 13.9. The van der Waals surface area contributed by atoms with Crippen molar-refractivity contribution in [3.05, 3.63) is 23.5 Å². The van der Waals surface area contributed by atoms with Crippen LogP contribution in [0.5, 0.6) is 0 Å². The number of hydrogen-bond acceptors (Lipinski definition) is 4. The first-order valence-corrected chi connectivity index (χ1v) is 7.89. The molecule has 3 N–H and O–H groups in total. The van der Waals surface area contributed by atoms with Gasteiger partial charge in [-0.2, -0.15) is 0 Å². The van der Waals surface area contributed by atoms with Gasteiger partial charge in [-0.1, -0.05) is 0 Å². The number of nitrogens with two attached hydrogens (primary N) is 1. The minimum Gasteiger partial charge on any atom is -0.398 e. The molecule has 0 radical (unpaired) electrons. The first kappa shape index (κ1) is 15.2. The maximum atomic E-state index is 13.9. The van der Waals surface area contributed by atoms with Crippen LogP contribution in [0.3, 0.4) is 0 Å². The zero-order valence-electron chi connectivity index (χ0n) is 11.6. The molecule has 5 nitrogen and oxygen atoms in total. The number of nitrogen functional groups attached to an aromatic ring is 1. The number of aryl methyl sites for hydroxylation is 1. The highest BCUT2D eigenvalue weighted by Crippen LogP contribution is 2.25. The molecule has 112 valence electrons. The molecule has 0 bridgehead atoms. The molecule has 7 heteroatoms. The van der Waals surface area contributed by atoms with Crippen LogP contribution >= 0.6 is 0 Å². The standard InChI is InChI=1S/C13H19FN2O3S/c1-9-6-10(14)12(7-11(9)15)20(17,18)16-13(2)4-3-5-19-8-13/h6-7,16H,3-5,8,15H2,1-2H3. The first-order valence-electron chi connectivity index (χ1n) is 6.41. The first-order chi connectivity index (χ1) is 9.23. The van der Waals surface area contributed by atoms with Gasteiger partial charge in [-0.3, -0.25) is 0 Å². The van der Waals surface area contributed by atoms with Gasteiger partial charge in [-0.25, -0.2) is 17.5 Å². The quantitative estimate of drug-likeness (QED) is 0.830. The maximum Gasteiger partial charge on any atom is 0.244 e. The molecule has 1 aromatic carbocycles. The van der Waals surface area contributed by atoms with Crippen molar-refractivity contribution in [1.29, 1.82) is 0 Å². The molecule has 20 heavy (non-hydrogen) atoms. The number of hydrogen-bond donors (Lipinski definition) is 2. The number of ether oxygens (including phenoxy) is 1. The van der Waals surface area contributed by atoms with Crippen LogP contribution in [0.25, 0.3) is 0 Å². The number of rotatable bonds is 3. The minimum atomic E-state index is -3.97. The Morgan fingerprint density at radius 1 is 1.45 bits per heavy atom. The fraction of sp³-hybridized carbons (Fsp3) is 0.538. The van der Waals surface area contributed by atoms with Gasteiger partial charge in [0.05, 0.1) is 12.1 Å². The summed E-state index contributed by atoms with van der Waals surface area (Å²) in [6.45, 7) is 4.26. The lowest BCUT2D eigenvalue weighted by Gasteiger charge is -2.33. The molecule has 1 atom stereocenters. The molecule has 1 fully saturated rings. The monoisotopic (exact) mass is 302 g/mol. The van der Waals surface area contributed by atoms with Gasteiger partial charge in [-0.15, -0.1) is 0 Å². The largest absolute Gasteiger partial charge is 0.398 e. The highest BCUT2D eigenvalue weighted by molar-refractivity contribution is 7.89. The van der Waals surface area contributed by atoms with E-state index in [0.29, 0.717) is 18.6 Å². The van der Waals surface area contributed by atoms with E-state index in [-0.39, 0.29) is 12.3 Å². The normalized spacial score (nSPS) is 23.8. The van der Waals surface area contributed by atoms with E-state index in [1.165, 1.54) is 0 Å². The summed E-state index contributed by atoms with van der Waals surface area (Å²) in [5.74, 6) is -0.801. The second kappa shape index (κ2) is 5.31. The zero-order chi connectivity index (χ0) is 15.0. The van der Waals surface area contributed by atoms with Crippen LogP contribution in [0, 0.1) is 12.7 Å². The van der Waals surface area contributed by atoms with Gasteiger partial charge in [0.15, 0.2) is 0 Å². The average molecular weight is 302 g/mol. The van der Waals surface area contributed by atoms with Crippen molar-refractivity contribution in [1.82, 2.24) is 4.72 Å². The number of benzene rings is 1. The Kier molecular flexibility index (Phi) is 4.04. The van der Waals surface area contributed by atoms with Gasteiger partial charge >= 0.3 is 0 Å². The van der Waals surface area contributed by atoms with Gasteiger partial charge in [0.1, 0.15) is 10.7 Å². The van der Waals surface area contributed by atoms with E-state index in [9.17, 15) is 12.8 Å². The average Bonchev–Trinajstić information content (AvgIpc) is 2.33. The van der Waals surface area contributed by atoms with E-state index in [1.807, 2.05) is 0 Å². The SMILES string of the molecule is Cc1cc(F)c(S(=O)(=O)NC2(C)CCCOC2)cc1N. The van der Waals surface area contributed by atoms with Gasteiger partial charge in [-0.05, 0) is 44.4 Å². The molecule has 0 saturated carbocycles. The van der Waals surface area contributed by atoms with E-state index in [1.54, 1.807) is 13.8 Å². The third-order valence-electron chi connectivity index (χ3n) is 3.43. The summed E-state index contributed by atoms with van der Waals surface area (Å²) >= 11 is 0. The van der Waals surface area contributed by atoms with Crippen LogP contribution in [0.1, 0.15) is 25.3 Å². The summed E-state index contributed by atoms with van der Waals surface area (Å²) in [5, 5.41) is 0. The third kappa shape index (κ3) is 3.11. The molecule has 0 aliphatic carbocycles. The molecule has 1 aliphatic rings. The van der Waals surface area contributed by atoms with E-state index in [4.69, 9.17) is 10.5 Å². The van der Waals surface area contributed by atoms with Crippen molar-refractivity contribution < 1.29 is 17.5 Å². The second-order valence-corrected chi connectivity index (χ2v) is 7.11. The molecule has 0 aromatic heterocycles. The molecular weight excluding hydrogens is 283 g/mol. The Morgan fingerprint density at radius 2 is 2.15 bits per heavy atom. The highest BCUT2D eigenvalue weighted by Gasteiger charge is 2.34. The number of nitrogens with one attached hydrogen (secondary N) is 1. The van der Waals surface area contributed by atoms with Crippen LogP contribution in [-0.2, 0) is 14.8 Å². The Bertz CT molecular complexity index is 610. The molecule has 1 unspecified atom stereocenters. The molecular formula is C13H19FN2O3S. The summed E-state index contributed by atoms with van der Waals surface area (Å²) in [6.07, 6.45) is 1.41. The summed E-state index contributed by atoms with van der Waals surface area (Å²) in [4.78, 5) is -0.424. The lowest BCUT2D eigenvalue weighted by molar-refractivity contribution is 0.0386. The third-order valence-corrected chi connectivity index (χ3v) is 5.08. The molecule has 1 heterocycles. The van der Waals surface area contributed by atoms with Crippen molar-refractivity contribution in [3.8, 4) is 0 Å². The minimum absolute atomic E-state index is 0.247. The predicted octanol–water partition coefficient (Wildman–Crippen LogP) is 1.56. The smallest absolute Gasteiger partial charge is 0.244 e. The fourth-order valence-corrected chi connectivity index (χ4v) is 3.79. The Hall–Kier alpha value is -1.18. The van der Waals surface area contributed by atoms with Crippen LogP contribution in [0.4, 0.5) is 10.1 Å². The topological polar surface area (TPSA) is 81.4 Å². The molecule has 1 aliphatic heterocycles. The van der Waals surface area contributed by atoms with E-state index in [2.05, 4.69) is 4.72 Å². The van der Waals surface area contributed by atoms with E-state index in [0.717, 1.165) is 18.6 Å². The molecule has 0 amide bonds. The van der Waals surface area contributed by atoms with Crippen molar-refractivity contribution in [2.24, 2.45) is 0 Å². The van der Waals surface area contributed by atoms with Gasteiger partial charge in [0.25, 0.3) is 0 Å². The van der Waals surface area contributed by atoms with Crippen LogP contribution < -0.4 is 10.5 Å². The summed E-state index contributed by atoms with van der Waals surface area (Å²) < 4.78 is 46.4. The van der Waals surface area contributed by atoms with Gasteiger partial charge in [0.2, 0.25) is 10.0 Å². The number of sulfonamides is 1. The molecule has 1 aromatic rings. The fourth-order valence-electron chi connectivity index (χ4n) is 2.27. The van der Waals surface area contributed by atoms with Crippen LogP contribution in [0.2, 0.25) is 0 Å². The van der Waals surface area contributed by atoms with E-state index < -0.39 is 26.3 Å². The summed E-state index contributed by atoms with van der Waals surface area (Å²) in [5.41, 5.74) is 5.70. The number of halogens is 1. The van der Waals surface area contributed by atoms with E-state index >= 15 is 0 Å².